The van der Waals surface area contributed by atoms with Crippen molar-refractivity contribution in [3.63, 3.8) is 0 Å². The minimum Gasteiger partial charge on any atom is -0.383 e. The summed E-state index contributed by atoms with van der Waals surface area (Å²) in [5.74, 6) is 0. The molecule has 1 heterocycles. The third kappa shape index (κ3) is 3.34. The van der Waals surface area contributed by atoms with Gasteiger partial charge in [0.25, 0.3) is 5.69 Å². The number of aromatic nitrogens is 1. The molecule has 0 spiro atoms. The highest BCUT2D eigenvalue weighted by atomic mass is 16.6. The summed E-state index contributed by atoms with van der Waals surface area (Å²) in [6.45, 7) is 4.98. The molecule has 3 aromatic rings. The SMILES string of the molecule is Cc1cc(C)cc(CCNc2c[nH]c3ccc([N+](=O)[O-])cc23)c1. The van der Waals surface area contributed by atoms with Crippen molar-refractivity contribution in [2.24, 2.45) is 0 Å². The molecule has 0 radical (unpaired) electrons. The van der Waals surface area contributed by atoms with Crippen molar-refractivity contribution < 1.29 is 4.92 Å². The molecule has 5 heteroatoms. The zero-order valence-corrected chi connectivity index (χ0v) is 13.2. The first kappa shape index (κ1) is 15.1. The summed E-state index contributed by atoms with van der Waals surface area (Å²) in [5.41, 5.74) is 5.72. The summed E-state index contributed by atoms with van der Waals surface area (Å²) >= 11 is 0. The number of aryl methyl sites for hydroxylation is 2. The highest BCUT2D eigenvalue weighted by molar-refractivity contribution is 5.93. The molecule has 2 aromatic carbocycles. The zero-order valence-electron chi connectivity index (χ0n) is 13.2. The van der Waals surface area contributed by atoms with Gasteiger partial charge in [-0.1, -0.05) is 29.3 Å². The molecule has 2 N–H and O–H groups in total. The number of rotatable bonds is 5. The van der Waals surface area contributed by atoms with E-state index in [4.69, 9.17) is 0 Å². The molecule has 1 aromatic heterocycles. The fourth-order valence-corrected chi connectivity index (χ4v) is 2.92. The molecule has 118 valence electrons. The smallest absolute Gasteiger partial charge is 0.270 e. The van der Waals surface area contributed by atoms with Gasteiger partial charge in [-0.2, -0.15) is 0 Å². The maximum Gasteiger partial charge on any atom is 0.270 e. The van der Waals surface area contributed by atoms with Crippen molar-refractivity contribution in [1.82, 2.24) is 4.98 Å². The lowest BCUT2D eigenvalue weighted by Crippen LogP contribution is -2.04. The fraction of sp³-hybridized carbons (Fsp3) is 0.222. The Hall–Kier alpha value is -2.82. The van der Waals surface area contributed by atoms with Crippen molar-refractivity contribution in [1.29, 1.82) is 0 Å². The highest BCUT2D eigenvalue weighted by Gasteiger charge is 2.10. The number of nitrogens with zero attached hydrogens (tertiary/aromatic N) is 1. The van der Waals surface area contributed by atoms with E-state index in [0.717, 1.165) is 29.6 Å². The molecule has 5 nitrogen and oxygen atoms in total. The predicted molar refractivity (Wildman–Crippen MR) is 93.1 cm³/mol. The van der Waals surface area contributed by atoms with Gasteiger partial charge in [0.1, 0.15) is 0 Å². The summed E-state index contributed by atoms with van der Waals surface area (Å²) in [7, 11) is 0. The standard InChI is InChI=1S/C18H19N3O2/c1-12-7-13(2)9-14(8-12)5-6-19-18-11-20-17-4-3-15(21(22)23)10-16(17)18/h3-4,7-11,19-20H,5-6H2,1-2H3. The van der Waals surface area contributed by atoms with Crippen LogP contribution in [0.5, 0.6) is 0 Å². The Morgan fingerprint density at radius 1 is 1.13 bits per heavy atom. The average Bonchev–Trinajstić information content (AvgIpc) is 2.89. The number of non-ortho nitro benzene ring substituents is 1. The van der Waals surface area contributed by atoms with Gasteiger partial charge in [0, 0.05) is 35.8 Å². The molecule has 3 rings (SSSR count). The molecule has 0 aliphatic carbocycles. The van der Waals surface area contributed by atoms with Gasteiger partial charge < -0.3 is 10.3 Å². The number of nitro groups is 1. The molecule has 0 saturated heterocycles. The number of hydrogen-bond donors (Lipinski definition) is 2. The van der Waals surface area contributed by atoms with Gasteiger partial charge in [-0.25, -0.2) is 0 Å². The third-order valence-corrected chi connectivity index (χ3v) is 3.89. The Morgan fingerprint density at radius 3 is 2.57 bits per heavy atom. The molecule has 0 saturated carbocycles. The van der Waals surface area contributed by atoms with Crippen LogP contribution >= 0.6 is 0 Å². The Balaban J connectivity index is 1.74. The fourth-order valence-electron chi connectivity index (χ4n) is 2.92. The monoisotopic (exact) mass is 309 g/mol. The quantitative estimate of drug-likeness (QED) is 0.544. The van der Waals surface area contributed by atoms with Gasteiger partial charge in [0.05, 0.1) is 10.6 Å². The van der Waals surface area contributed by atoms with Crippen LogP contribution in [0.3, 0.4) is 0 Å². The second-order valence-electron chi connectivity index (χ2n) is 5.86. The van der Waals surface area contributed by atoms with Crippen LogP contribution < -0.4 is 5.32 Å². The number of aromatic amines is 1. The number of fused-ring (bicyclic) bond motifs is 1. The Morgan fingerprint density at radius 2 is 1.87 bits per heavy atom. The summed E-state index contributed by atoms with van der Waals surface area (Å²) < 4.78 is 0. The van der Waals surface area contributed by atoms with E-state index in [1.165, 1.54) is 22.8 Å². The van der Waals surface area contributed by atoms with Crippen molar-refractivity contribution in [2.45, 2.75) is 20.3 Å². The number of nitrogens with one attached hydrogen (secondary N) is 2. The van der Waals surface area contributed by atoms with E-state index in [2.05, 4.69) is 42.3 Å². The lowest BCUT2D eigenvalue weighted by atomic mass is 10.1. The minimum absolute atomic E-state index is 0.106. The average molecular weight is 309 g/mol. The first-order chi connectivity index (χ1) is 11.0. The van der Waals surface area contributed by atoms with Crippen molar-refractivity contribution in [2.75, 3.05) is 11.9 Å². The number of hydrogen-bond acceptors (Lipinski definition) is 3. The molecule has 23 heavy (non-hydrogen) atoms. The number of H-pyrrole nitrogens is 1. The van der Waals surface area contributed by atoms with E-state index in [1.807, 2.05) is 6.20 Å². The maximum absolute atomic E-state index is 10.9. The van der Waals surface area contributed by atoms with Crippen LogP contribution in [0.4, 0.5) is 11.4 Å². The van der Waals surface area contributed by atoms with Crippen molar-refractivity contribution >= 4 is 22.3 Å². The molecular weight excluding hydrogens is 290 g/mol. The number of nitro benzene ring substituents is 1. The Labute approximate surface area is 134 Å². The lowest BCUT2D eigenvalue weighted by Gasteiger charge is -2.07. The zero-order chi connectivity index (χ0) is 16.4. The Bertz CT molecular complexity index is 848. The van der Waals surface area contributed by atoms with Crippen LogP contribution in [0.1, 0.15) is 16.7 Å². The van der Waals surface area contributed by atoms with E-state index in [0.29, 0.717) is 0 Å². The maximum atomic E-state index is 10.9. The molecule has 0 bridgehead atoms. The van der Waals surface area contributed by atoms with E-state index in [9.17, 15) is 10.1 Å². The van der Waals surface area contributed by atoms with E-state index in [1.54, 1.807) is 12.1 Å². The molecular formula is C18H19N3O2. The van der Waals surface area contributed by atoms with Crippen LogP contribution in [-0.4, -0.2) is 16.5 Å². The molecule has 0 aliphatic rings. The first-order valence-corrected chi connectivity index (χ1v) is 7.59. The highest BCUT2D eigenvalue weighted by Crippen LogP contribution is 2.27. The van der Waals surface area contributed by atoms with Gasteiger partial charge in [-0.05, 0) is 31.9 Å². The Kier molecular flexibility index (Phi) is 4.02. The van der Waals surface area contributed by atoms with E-state index >= 15 is 0 Å². The third-order valence-electron chi connectivity index (χ3n) is 3.89. The minimum atomic E-state index is -0.369. The predicted octanol–water partition coefficient (Wildman–Crippen LogP) is 4.35. The van der Waals surface area contributed by atoms with Crippen LogP contribution in [0, 0.1) is 24.0 Å². The summed E-state index contributed by atoms with van der Waals surface area (Å²) in [6.07, 6.45) is 2.76. The van der Waals surface area contributed by atoms with E-state index in [-0.39, 0.29) is 10.6 Å². The normalized spacial score (nSPS) is 10.9. The van der Waals surface area contributed by atoms with Crippen LogP contribution in [-0.2, 0) is 6.42 Å². The number of anilines is 1. The van der Waals surface area contributed by atoms with Gasteiger partial charge in [-0.3, -0.25) is 10.1 Å². The van der Waals surface area contributed by atoms with E-state index < -0.39 is 0 Å². The molecule has 0 fully saturated rings. The van der Waals surface area contributed by atoms with Crippen LogP contribution in [0.25, 0.3) is 10.9 Å². The van der Waals surface area contributed by atoms with Crippen molar-refractivity contribution in [3.8, 4) is 0 Å². The number of benzene rings is 2. The van der Waals surface area contributed by atoms with Crippen LogP contribution in [0.2, 0.25) is 0 Å². The molecule has 0 unspecified atom stereocenters. The van der Waals surface area contributed by atoms with Crippen molar-refractivity contribution in [3.05, 3.63) is 69.4 Å². The second kappa shape index (κ2) is 6.12. The van der Waals surface area contributed by atoms with Gasteiger partial charge in [0.2, 0.25) is 0 Å². The first-order valence-electron chi connectivity index (χ1n) is 7.59. The topological polar surface area (TPSA) is 71.0 Å². The summed E-state index contributed by atoms with van der Waals surface area (Å²) in [4.78, 5) is 13.7. The largest absolute Gasteiger partial charge is 0.383 e. The van der Waals surface area contributed by atoms with Crippen LogP contribution in [0.15, 0.2) is 42.6 Å². The summed E-state index contributed by atoms with van der Waals surface area (Å²) in [5, 5.41) is 15.1. The van der Waals surface area contributed by atoms with Gasteiger partial charge in [0.15, 0.2) is 0 Å². The molecule has 0 aliphatic heterocycles. The van der Waals surface area contributed by atoms with Gasteiger partial charge in [-0.15, -0.1) is 0 Å². The summed E-state index contributed by atoms with van der Waals surface area (Å²) in [6, 6.07) is 11.4. The lowest BCUT2D eigenvalue weighted by molar-refractivity contribution is -0.384. The van der Waals surface area contributed by atoms with Gasteiger partial charge >= 0.3 is 0 Å². The molecule has 0 atom stereocenters. The second-order valence-corrected chi connectivity index (χ2v) is 5.86. The molecule has 0 amide bonds.